The van der Waals surface area contributed by atoms with Gasteiger partial charge in [-0.2, -0.15) is 4.98 Å². The Bertz CT molecular complexity index is 407. The lowest BCUT2D eigenvalue weighted by Gasteiger charge is -2.27. The zero-order valence-corrected chi connectivity index (χ0v) is 12.8. The zero-order valence-electron chi connectivity index (χ0n) is 12.8. The van der Waals surface area contributed by atoms with Crippen LogP contribution in [0.15, 0.2) is 4.52 Å². The van der Waals surface area contributed by atoms with Crippen molar-refractivity contribution in [3.05, 3.63) is 11.7 Å². The molecule has 0 aromatic carbocycles. The Balaban J connectivity index is 2.14. The van der Waals surface area contributed by atoms with Crippen molar-refractivity contribution in [3.63, 3.8) is 0 Å². The highest BCUT2D eigenvalue weighted by Crippen LogP contribution is 2.35. The number of aromatic nitrogens is 2. The van der Waals surface area contributed by atoms with Crippen LogP contribution in [0.1, 0.15) is 76.9 Å². The summed E-state index contributed by atoms with van der Waals surface area (Å²) in [5.41, 5.74) is -0.426. The van der Waals surface area contributed by atoms with E-state index in [2.05, 4.69) is 24.0 Å². The lowest BCUT2D eigenvalue weighted by molar-refractivity contribution is -0.0583. The number of aliphatic hydroxyl groups is 1. The topological polar surface area (TPSA) is 68.4 Å². The van der Waals surface area contributed by atoms with E-state index in [1.54, 1.807) is 0 Å². The molecule has 1 heterocycles. The minimum Gasteiger partial charge on any atom is -0.393 e. The predicted octanol–water partition coefficient (Wildman–Crippen LogP) is 3.14. The van der Waals surface area contributed by atoms with Crippen LogP contribution in [0.3, 0.4) is 0 Å². The van der Waals surface area contributed by atoms with Gasteiger partial charge in [0.15, 0.2) is 0 Å². The first-order valence-corrected chi connectivity index (χ1v) is 7.81. The highest BCUT2D eigenvalue weighted by atomic mass is 16.5. The van der Waals surface area contributed by atoms with Crippen molar-refractivity contribution in [1.82, 2.24) is 10.1 Å². The summed E-state index contributed by atoms with van der Waals surface area (Å²) in [5, 5.41) is 13.7. The molecule has 1 fully saturated rings. The Kier molecular flexibility index (Phi) is 5.16. The Labute approximate surface area is 120 Å². The van der Waals surface area contributed by atoms with Crippen molar-refractivity contribution in [2.75, 3.05) is 6.61 Å². The van der Waals surface area contributed by atoms with E-state index in [1.807, 2.05) is 6.92 Å². The van der Waals surface area contributed by atoms with Crippen molar-refractivity contribution in [2.24, 2.45) is 0 Å². The largest absolute Gasteiger partial charge is 0.393 e. The molecule has 1 saturated carbocycles. The molecule has 5 heteroatoms. The van der Waals surface area contributed by atoms with Crippen molar-refractivity contribution in [3.8, 4) is 0 Å². The Morgan fingerprint density at radius 1 is 1.20 bits per heavy atom. The van der Waals surface area contributed by atoms with Crippen LogP contribution in [0.5, 0.6) is 0 Å². The van der Waals surface area contributed by atoms with E-state index in [4.69, 9.17) is 9.26 Å². The van der Waals surface area contributed by atoms with Gasteiger partial charge in [0.1, 0.15) is 5.60 Å². The summed E-state index contributed by atoms with van der Waals surface area (Å²) in [4.78, 5) is 4.61. The summed E-state index contributed by atoms with van der Waals surface area (Å²) in [6.07, 6.45) is 4.98. The first-order valence-electron chi connectivity index (χ1n) is 7.81. The molecule has 1 aliphatic carbocycles. The third kappa shape index (κ3) is 3.04. The van der Waals surface area contributed by atoms with Gasteiger partial charge < -0.3 is 14.4 Å². The van der Waals surface area contributed by atoms with Crippen LogP contribution in [-0.2, 0) is 10.3 Å². The lowest BCUT2D eigenvalue weighted by atomic mass is 9.87. The molecule has 20 heavy (non-hydrogen) atoms. The number of hydrogen-bond donors (Lipinski definition) is 1. The van der Waals surface area contributed by atoms with Crippen LogP contribution >= 0.6 is 0 Å². The average Bonchev–Trinajstić information content (AvgIpc) is 2.96. The van der Waals surface area contributed by atoms with Crippen molar-refractivity contribution in [2.45, 2.75) is 76.9 Å². The smallest absolute Gasteiger partial charge is 0.229 e. The van der Waals surface area contributed by atoms with Gasteiger partial charge in [-0.25, -0.2) is 0 Å². The second kappa shape index (κ2) is 6.68. The molecule has 5 nitrogen and oxygen atoms in total. The maximum atomic E-state index is 9.57. The maximum Gasteiger partial charge on any atom is 0.229 e. The fraction of sp³-hybridized carbons (Fsp3) is 0.867. The minimum absolute atomic E-state index is 0.164. The summed E-state index contributed by atoms with van der Waals surface area (Å²) in [6.45, 7) is 6.81. The number of aliphatic hydroxyl groups excluding tert-OH is 1. The van der Waals surface area contributed by atoms with E-state index in [-0.39, 0.29) is 12.0 Å². The van der Waals surface area contributed by atoms with E-state index in [1.165, 1.54) is 0 Å². The lowest BCUT2D eigenvalue weighted by Crippen LogP contribution is -2.30. The standard InChI is InChI=1S/C15H26N2O3/c1-4-15(5-2,19-6-3)14-16-13(20-17-14)11-7-9-12(18)10-8-11/h11-12,18H,4-10H2,1-3H3. The molecule has 114 valence electrons. The summed E-state index contributed by atoms with van der Waals surface area (Å²) in [6, 6.07) is 0. The second-order valence-electron chi connectivity index (χ2n) is 5.60. The first kappa shape index (κ1) is 15.4. The molecule has 1 aliphatic rings. The summed E-state index contributed by atoms with van der Waals surface area (Å²) in [7, 11) is 0. The molecule has 1 aromatic rings. The molecule has 0 saturated heterocycles. The van der Waals surface area contributed by atoms with Crippen LogP contribution in [0.25, 0.3) is 0 Å². The minimum atomic E-state index is -0.426. The molecule has 1 N–H and O–H groups in total. The quantitative estimate of drug-likeness (QED) is 0.868. The zero-order chi connectivity index (χ0) is 14.6. The molecule has 0 spiro atoms. The van der Waals surface area contributed by atoms with Crippen molar-refractivity contribution >= 4 is 0 Å². The molecular formula is C15H26N2O3. The SMILES string of the molecule is CCOC(CC)(CC)c1noc(C2CCC(O)CC2)n1. The number of nitrogens with zero attached hydrogens (tertiary/aromatic N) is 2. The number of rotatable bonds is 6. The van der Waals surface area contributed by atoms with Gasteiger partial charge in [0.05, 0.1) is 6.10 Å². The predicted molar refractivity (Wildman–Crippen MR) is 75.4 cm³/mol. The Hall–Kier alpha value is -0.940. The van der Waals surface area contributed by atoms with Crippen LogP contribution in [-0.4, -0.2) is 28.0 Å². The van der Waals surface area contributed by atoms with Crippen LogP contribution in [0.4, 0.5) is 0 Å². The van der Waals surface area contributed by atoms with E-state index in [0.29, 0.717) is 18.3 Å². The Morgan fingerprint density at radius 3 is 2.40 bits per heavy atom. The fourth-order valence-electron chi connectivity index (χ4n) is 3.02. The molecule has 1 aromatic heterocycles. The van der Waals surface area contributed by atoms with Gasteiger partial charge in [0.2, 0.25) is 11.7 Å². The van der Waals surface area contributed by atoms with Gasteiger partial charge in [-0.15, -0.1) is 0 Å². The van der Waals surface area contributed by atoms with E-state index >= 15 is 0 Å². The molecule has 0 aliphatic heterocycles. The number of hydrogen-bond acceptors (Lipinski definition) is 5. The second-order valence-corrected chi connectivity index (χ2v) is 5.60. The van der Waals surface area contributed by atoms with Gasteiger partial charge in [0, 0.05) is 12.5 Å². The first-order chi connectivity index (χ1) is 9.65. The highest BCUT2D eigenvalue weighted by Gasteiger charge is 2.36. The van der Waals surface area contributed by atoms with Gasteiger partial charge in [-0.05, 0) is 45.4 Å². The van der Waals surface area contributed by atoms with E-state index in [0.717, 1.165) is 38.5 Å². The monoisotopic (exact) mass is 282 g/mol. The van der Waals surface area contributed by atoms with Crippen LogP contribution < -0.4 is 0 Å². The molecule has 0 amide bonds. The highest BCUT2D eigenvalue weighted by molar-refractivity contribution is 5.04. The summed E-state index contributed by atoms with van der Waals surface area (Å²) >= 11 is 0. The third-order valence-electron chi connectivity index (χ3n) is 4.46. The van der Waals surface area contributed by atoms with Crippen LogP contribution in [0, 0.1) is 0 Å². The fourth-order valence-corrected chi connectivity index (χ4v) is 3.02. The molecular weight excluding hydrogens is 256 g/mol. The van der Waals surface area contributed by atoms with Crippen molar-refractivity contribution < 1.29 is 14.4 Å². The van der Waals surface area contributed by atoms with E-state index < -0.39 is 5.60 Å². The van der Waals surface area contributed by atoms with Crippen molar-refractivity contribution in [1.29, 1.82) is 0 Å². The molecule has 0 radical (unpaired) electrons. The summed E-state index contributed by atoms with van der Waals surface area (Å²) in [5.74, 6) is 1.66. The van der Waals surface area contributed by atoms with E-state index in [9.17, 15) is 5.11 Å². The van der Waals surface area contributed by atoms with Gasteiger partial charge in [-0.1, -0.05) is 19.0 Å². The number of ether oxygens (including phenoxy) is 1. The normalized spacial score (nSPS) is 24.0. The van der Waals surface area contributed by atoms with Gasteiger partial charge in [0.25, 0.3) is 0 Å². The molecule has 2 rings (SSSR count). The van der Waals surface area contributed by atoms with Gasteiger partial charge >= 0.3 is 0 Å². The average molecular weight is 282 g/mol. The third-order valence-corrected chi connectivity index (χ3v) is 4.46. The maximum absolute atomic E-state index is 9.57. The Morgan fingerprint density at radius 2 is 1.85 bits per heavy atom. The van der Waals surface area contributed by atoms with Crippen LogP contribution in [0.2, 0.25) is 0 Å². The molecule has 0 unspecified atom stereocenters. The molecule has 0 bridgehead atoms. The molecule has 0 atom stereocenters. The summed E-state index contributed by atoms with van der Waals surface area (Å²) < 4.78 is 11.4. The van der Waals surface area contributed by atoms with Gasteiger partial charge in [-0.3, -0.25) is 0 Å².